The summed E-state index contributed by atoms with van der Waals surface area (Å²) in [6.07, 6.45) is 0. The van der Waals surface area contributed by atoms with Crippen molar-refractivity contribution in [2.75, 3.05) is 5.32 Å². The first-order valence-corrected chi connectivity index (χ1v) is 9.77. The number of aromatic nitrogens is 1. The summed E-state index contributed by atoms with van der Waals surface area (Å²) in [5.41, 5.74) is 3.59. The summed E-state index contributed by atoms with van der Waals surface area (Å²) < 4.78 is 15.6. The van der Waals surface area contributed by atoms with E-state index in [0.29, 0.717) is 12.2 Å². The first-order chi connectivity index (χ1) is 14.5. The van der Waals surface area contributed by atoms with Crippen LogP contribution in [0.15, 0.2) is 83.0 Å². The second-order valence-corrected chi connectivity index (χ2v) is 7.26. The molecule has 0 amide bonds. The van der Waals surface area contributed by atoms with Gasteiger partial charge in [0.1, 0.15) is 5.82 Å². The van der Waals surface area contributed by atoms with E-state index < -0.39 is 5.82 Å². The predicted octanol–water partition coefficient (Wildman–Crippen LogP) is 6.32. The fourth-order valence-corrected chi connectivity index (χ4v) is 3.36. The highest BCUT2D eigenvalue weighted by Gasteiger charge is 2.17. The predicted molar refractivity (Wildman–Crippen MR) is 121 cm³/mol. The summed E-state index contributed by atoms with van der Waals surface area (Å²) in [6, 6.07) is 21.8. The third-order valence-corrected chi connectivity index (χ3v) is 4.92. The number of hydrogen-bond donors (Lipinski definition) is 2. The van der Waals surface area contributed by atoms with Gasteiger partial charge in [0.2, 0.25) is 11.0 Å². The molecule has 5 nitrogen and oxygen atoms in total. The number of anilines is 1. The van der Waals surface area contributed by atoms with Crippen LogP contribution >= 0.6 is 12.2 Å². The van der Waals surface area contributed by atoms with Gasteiger partial charge >= 0.3 is 0 Å². The number of para-hydroxylation sites is 2. The zero-order valence-electron chi connectivity index (χ0n) is 16.2. The molecule has 150 valence electrons. The molecule has 3 aromatic carbocycles. The van der Waals surface area contributed by atoms with Gasteiger partial charge in [0.25, 0.3) is 0 Å². The number of benzene rings is 3. The lowest BCUT2D eigenvalue weighted by Crippen LogP contribution is -2.06. The molecule has 0 aliphatic heterocycles. The lowest BCUT2D eigenvalue weighted by molar-refractivity contribution is 0.429. The maximum Gasteiger partial charge on any atom is 0.221 e. The van der Waals surface area contributed by atoms with Gasteiger partial charge in [0.05, 0.1) is 17.7 Å². The van der Waals surface area contributed by atoms with Gasteiger partial charge in [0, 0.05) is 5.39 Å². The van der Waals surface area contributed by atoms with Crippen LogP contribution in [0.1, 0.15) is 11.1 Å². The highest BCUT2D eigenvalue weighted by Crippen LogP contribution is 2.39. The molecule has 4 aromatic rings. The van der Waals surface area contributed by atoms with Crippen molar-refractivity contribution in [1.82, 2.24) is 4.57 Å². The molecule has 4 rings (SSSR count). The number of thiocarbonyl (C=S) groups is 1. The molecule has 0 spiro atoms. The van der Waals surface area contributed by atoms with E-state index >= 15 is 0 Å². The van der Waals surface area contributed by atoms with Gasteiger partial charge < -0.3 is 15.0 Å². The van der Waals surface area contributed by atoms with Gasteiger partial charge in [-0.1, -0.05) is 60.2 Å². The Bertz CT molecular complexity index is 1250. The van der Waals surface area contributed by atoms with E-state index in [9.17, 15) is 9.50 Å². The van der Waals surface area contributed by atoms with Gasteiger partial charge in [-0.15, -0.1) is 10.2 Å². The number of halogens is 1. The molecule has 0 atom stereocenters. The molecular formula is C23H19FN4OS. The van der Waals surface area contributed by atoms with E-state index in [0.717, 1.165) is 16.5 Å². The number of nitrogens with one attached hydrogen (secondary N) is 1. The fraction of sp³-hybridized carbons (Fsp3) is 0.0870. The molecule has 0 saturated carbocycles. The molecule has 0 radical (unpaired) electrons. The molecule has 0 unspecified atom stereocenters. The third kappa shape index (κ3) is 4.06. The fourth-order valence-electron chi connectivity index (χ4n) is 3.20. The minimum atomic E-state index is -0.437. The number of aromatic hydroxyl groups is 1. The molecule has 30 heavy (non-hydrogen) atoms. The van der Waals surface area contributed by atoms with Crippen molar-refractivity contribution in [2.24, 2.45) is 10.2 Å². The SMILES string of the molecule is Cc1ccc(Cn2c(O)c(N=NC(=S)Nc3ccccc3F)c3ccccc32)cc1. The highest BCUT2D eigenvalue weighted by atomic mass is 32.1. The monoisotopic (exact) mass is 418 g/mol. The zero-order valence-corrected chi connectivity index (χ0v) is 17.0. The Kier molecular flexibility index (Phi) is 5.54. The molecule has 0 aliphatic rings. The lowest BCUT2D eigenvalue weighted by Gasteiger charge is -2.07. The average Bonchev–Trinajstić information content (AvgIpc) is 3.01. The minimum absolute atomic E-state index is 0.00475. The van der Waals surface area contributed by atoms with Crippen LogP contribution in [-0.4, -0.2) is 14.8 Å². The molecule has 1 heterocycles. The van der Waals surface area contributed by atoms with E-state index in [-0.39, 0.29) is 16.7 Å². The van der Waals surface area contributed by atoms with Crippen molar-refractivity contribution < 1.29 is 9.50 Å². The molecule has 7 heteroatoms. The zero-order chi connectivity index (χ0) is 21.1. The number of rotatable bonds is 4. The van der Waals surface area contributed by atoms with Crippen LogP contribution in [0.3, 0.4) is 0 Å². The number of aryl methyl sites for hydroxylation is 1. The maximum absolute atomic E-state index is 13.8. The van der Waals surface area contributed by atoms with Crippen molar-refractivity contribution in [1.29, 1.82) is 0 Å². The largest absolute Gasteiger partial charge is 0.493 e. The number of hydrogen-bond acceptors (Lipinski definition) is 3. The first kappa shape index (κ1) is 19.7. The van der Waals surface area contributed by atoms with Crippen molar-refractivity contribution in [3.8, 4) is 5.88 Å². The topological polar surface area (TPSA) is 61.9 Å². The van der Waals surface area contributed by atoms with Gasteiger partial charge in [0.15, 0.2) is 5.69 Å². The van der Waals surface area contributed by atoms with E-state index in [1.54, 1.807) is 22.8 Å². The molecular weight excluding hydrogens is 399 g/mol. The molecule has 0 bridgehead atoms. The molecule has 0 saturated heterocycles. The summed E-state index contributed by atoms with van der Waals surface area (Å²) in [5.74, 6) is -0.443. The van der Waals surface area contributed by atoms with E-state index in [2.05, 4.69) is 15.5 Å². The Balaban J connectivity index is 1.65. The smallest absolute Gasteiger partial charge is 0.221 e. The minimum Gasteiger partial charge on any atom is -0.493 e. The van der Waals surface area contributed by atoms with Gasteiger partial charge in [-0.05, 0) is 42.9 Å². The third-order valence-electron chi connectivity index (χ3n) is 4.74. The molecule has 0 aliphatic carbocycles. The van der Waals surface area contributed by atoms with E-state index in [1.165, 1.54) is 11.6 Å². The number of azo groups is 1. The summed E-state index contributed by atoms with van der Waals surface area (Å²) in [5, 5.41) is 22.5. The van der Waals surface area contributed by atoms with Crippen molar-refractivity contribution in [3.05, 3.63) is 89.7 Å². The number of fused-ring (bicyclic) bond motifs is 1. The van der Waals surface area contributed by atoms with Crippen LogP contribution in [0.2, 0.25) is 0 Å². The van der Waals surface area contributed by atoms with Crippen molar-refractivity contribution in [2.45, 2.75) is 13.5 Å². The Labute approximate surface area is 178 Å². The number of nitrogens with zero attached hydrogens (tertiary/aromatic N) is 3. The Hall–Kier alpha value is -3.58. The summed E-state index contributed by atoms with van der Waals surface area (Å²) in [4.78, 5) is 0. The maximum atomic E-state index is 13.8. The summed E-state index contributed by atoms with van der Waals surface area (Å²) in [6.45, 7) is 2.52. The van der Waals surface area contributed by atoms with Gasteiger partial charge in [-0.2, -0.15) is 0 Å². The van der Waals surface area contributed by atoms with Crippen LogP contribution in [-0.2, 0) is 6.54 Å². The van der Waals surface area contributed by atoms with Crippen LogP contribution in [0, 0.1) is 12.7 Å². The second kappa shape index (κ2) is 8.42. The van der Waals surface area contributed by atoms with Crippen molar-refractivity contribution >= 4 is 39.6 Å². The summed E-state index contributed by atoms with van der Waals surface area (Å²) in [7, 11) is 0. The Morgan fingerprint density at radius 2 is 1.73 bits per heavy atom. The van der Waals surface area contributed by atoms with Crippen molar-refractivity contribution in [3.63, 3.8) is 0 Å². The first-order valence-electron chi connectivity index (χ1n) is 9.36. The van der Waals surface area contributed by atoms with Gasteiger partial charge in [-0.3, -0.25) is 0 Å². The Morgan fingerprint density at radius 3 is 2.50 bits per heavy atom. The van der Waals surface area contributed by atoms with Crippen LogP contribution in [0.5, 0.6) is 5.88 Å². The van der Waals surface area contributed by atoms with Crippen LogP contribution in [0.25, 0.3) is 10.9 Å². The van der Waals surface area contributed by atoms with Crippen LogP contribution in [0.4, 0.5) is 15.8 Å². The normalized spacial score (nSPS) is 11.3. The lowest BCUT2D eigenvalue weighted by atomic mass is 10.1. The van der Waals surface area contributed by atoms with E-state index in [1.807, 2.05) is 55.5 Å². The Morgan fingerprint density at radius 1 is 1.03 bits per heavy atom. The molecule has 1 aromatic heterocycles. The quantitative estimate of drug-likeness (QED) is 0.301. The summed E-state index contributed by atoms with van der Waals surface area (Å²) >= 11 is 5.16. The highest BCUT2D eigenvalue weighted by molar-refractivity contribution is 7.80. The molecule has 2 N–H and O–H groups in total. The van der Waals surface area contributed by atoms with Crippen LogP contribution < -0.4 is 5.32 Å². The van der Waals surface area contributed by atoms with E-state index in [4.69, 9.17) is 12.2 Å². The standard InChI is InChI=1S/C23H19FN4OS/c1-15-10-12-16(13-11-15)14-28-20-9-5-2-6-17(20)21(22(28)29)26-27-23(30)25-19-8-4-3-7-18(19)24/h2-13,29H,14H2,1H3,(H,25,30). The van der Waals surface area contributed by atoms with Gasteiger partial charge in [-0.25, -0.2) is 4.39 Å². The molecule has 0 fully saturated rings. The second-order valence-electron chi connectivity index (χ2n) is 6.87. The average molecular weight is 418 g/mol.